The summed E-state index contributed by atoms with van der Waals surface area (Å²) in [4.78, 5) is 0. The lowest BCUT2D eigenvalue weighted by Crippen LogP contribution is -2.34. The van der Waals surface area contributed by atoms with Gasteiger partial charge in [0.15, 0.2) is 0 Å². The first-order chi connectivity index (χ1) is 13.9. The highest BCUT2D eigenvalue weighted by atomic mass is 16.3. The van der Waals surface area contributed by atoms with Crippen LogP contribution in [0.15, 0.2) is 0 Å². The summed E-state index contributed by atoms with van der Waals surface area (Å²) >= 11 is 0. The van der Waals surface area contributed by atoms with Crippen LogP contribution in [0.4, 0.5) is 0 Å². The number of rotatable bonds is 8. The Bertz CT molecular complexity index is 414. The number of aliphatic hydroxyl groups is 2. The molecule has 180 valence electrons. The second-order valence-electron chi connectivity index (χ2n) is 12.2. The Balaban J connectivity index is 0.000000300. The van der Waals surface area contributed by atoms with Gasteiger partial charge < -0.3 is 10.2 Å². The Kier molecular flexibility index (Phi) is 12.0. The van der Waals surface area contributed by atoms with E-state index in [2.05, 4.69) is 55.4 Å². The minimum Gasteiger partial charge on any atom is -0.393 e. The van der Waals surface area contributed by atoms with Gasteiger partial charge in [0.05, 0.1) is 12.2 Å². The minimum absolute atomic E-state index is 0.0741. The third kappa shape index (κ3) is 8.81. The van der Waals surface area contributed by atoms with Crippen LogP contribution in [-0.4, -0.2) is 22.4 Å². The summed E-state index contributed by atoms with van der Waals surface area (Å²) < 4.78 is 0. The van der Waals surface area contributed by atoms with Gasteiger partial charge in [-0.15, -0.1) is 0 Å². The Morgan fingerprint density at radius 3 is 1.30 bits per heavy atom. The van der Waals surface area contributed by atoms with Crippen LogP contribution in [0.2, 0.25) is 0 Å². The molecule has 0 heterocycles. The van der Waals surface area contributed by atoms with E-state index < -0.39 is 0 Å². The van der Waals surface area contributed by atoms with Gasteiger partial charge in [0, 0.05) is 0 Å². The molecule has 2 fully saturated rings. The topological polar surface area (TPSA) is 40.5 Å². The zero-order valence-corrected chi connectivity index (χ0v) is 21.8. The van der Waals surface area contributed by atoms with E-state index in [9.17, 15) is 10.2 Å². The van der Waals surface area contributed by atoms with Gasteiger partial charge in [-0.3, -0.25) is 0 Å². The van der Waals surface area contributed by atoms with Crippen LogP contribution in [0.5, 0.6) is 0 Å². The molecule has 0 spiro atoms. The molecule has 0 bridgehead atoms. The van der Waals surface area contributed by atoms with Crippen molar-refractivity contribution in [2.24, 2.45) is 34.5 Å². The lowest BCUT2D eigenvalue weighted by atomic mass is 9.62. The molecule has 0 aliphatic heterocycles. The van der Waals surface area contributed by atoms with E-state index in [4.69, 9.17) is 0 Å². The van der Waals surface area contributed by atoms with Crippen LogP contribution in [0, 0.1) is 34.5 Å². The predicted octanol–water partition coefficient (Wildman–Crippen LogP) is 8.00. The first kappa shape index (κ1) is 28.0. The van der Waals surface area contributed by atoms with E-state index in [1.165, 1.54) is 51.4 Å². The van der Waals surface area contributed by atoms with Crippen molar-refractivity contribution in [3.63, 3.8) is 0 Å². The largest absolute Gasteiger partial charge is 0.393 e. The maximum atomic E-state index is 9.65. The number of hydrogen-bond acceptors (Lipinski definition) is 2. The van der Waals surface area contributed by atoms with E-state index in [0.29, 0.717) is 10.8 Å². The quantitative estimate of drug-likeness (QED) is 0.414. The molecule has 0 aromatic heterocycles. The summed E-state index contributed by atoms with van der Waals surface area (Å²) in [6, 6.07) is 0. The molecular weight excluding hydrogens is 368 g/mol. The fraction of sp³-hybridized carbons (Fsp3) is 1.00. The molecule has 2 N–H and O–H groups in total. The van der Waals surface area contributed by atoms with Crippen molar-refractivity contribution in [2.45, 2.75) is 145 Å². The summed E-state index contributed by atoms with van der Waals surface area (Å²) in [6.45, 7) is 18.6. The first-order valence-corrected chi connectivity index (χ1v) is 13.3. The van der Waals surface area contributed by atoms with Crippen molar-refractivity contribution < 1.29 is 10.2 Å². The molecule has 5 unspecified atom stereocenters. The molecule has 2 rings (SSSR count). The molecule has 30 heavy (non-hydrogen) atoms. The fourth-order valence-electron chi connectivity index (χ4n) is 6.58. The minimum atomic E-state index is -0.0741. The second kappa shape index (κ2) is 12.8. The molecule has 0 radical (unpaired) electrons. The van der Waals surface area contributed by atoms with E-state index in [1.54, 1.807) is 0 Å². The maximum Gasteiger partial charge on any atom is 0.0537 e. The SMILES string of the molecule is CCC(O)CCC1C(C)CCCC1(C)C.CCC(O)CC[C@H]1C(C)CCCC1(C)C. The smallest absolute Gasteiger partial charge is 0.0537 e. The van der Waals surface area contributed by atoms with Gasteiger partial charge >= 0.3 is 0 Å². The summed E-state index contributed by atoms with van der Waals surface area (Å²) in [5.74, 6) is 3.32. The van der Waals surface area contributed by atoms with E-state index in [1.807, 2.05) is 0 Å². The Morgan fingerprint density at radius 2 is 1.03 bits per heavy atom. The van der Waals surface area contributed by atoms with Crippen LogP contribution in [-0.2, 0) is 0 Å². The van der Waals surface area contributed by atoms with E-state index in [-0.39, 0.29) is 12.2 Å². The van der Waals surface area contributed by atoms with Gasteiger partial charge in [0.2, 0.25) is 0 Å². The van der Waals surface area contributed by atoms with Gasteiger partial charge in [-0.2, -0.15) is 0 Å². The maximum absolute atomic E-state index is 9.65. The van der Waals surface area contributed by atoms with Crippen LogP contribution in [0.25, 0.3) is 0 Å². The molecule has 2 heteroatoms. The van der Waals surface area contributed by atoms with E-state index in [0.717, 1.165) is 49.4 Å². The molecule has 0 amide bonds. The normalized spacial score (nSPS) is 32.6. The standard InChI is InChI=1S/2C14H28O/c2*1-5-12(15)8-9-13-11(2)7-6-10-14(13,3)4/h2*11-13,15H,5-10H2,1-4H3/t11?,12?,13-;/m0./s1. The third-order valence-electron chi connectivity index (χ3n) is 8.91. The Morgan fingerprint density at radius 1 is 0.700 bits per heavy atom. The first-order valence-electron chi connectivity index (χ1n) is 13.3. The van der Waals surface area contributed by atoms with Crippen molar-refractivity contribution >= 4 is 0 Å². The average Bonchev–Trinajstić information content (AvgIpc) is 2.66. The van der Waals surface area contributed by atoms with Crippen molar-refractivity contribution in [1.29, 1.82) is 0 Å². The molecule has 2 aliphatic rings. The van der Waals surface area contributed by atoms with Gasteiger partial charge in [0.25, 0.3) is 0 Å². The Hall–Kier alpha value is -0.0800. The predicted molar refractivity (Wildman–Crippen MR) is 132 cm³/mol. The lowest BCUT2D eigenvalue weighted by Gasteiger charge is -2.43. The van der Waals surface area contributed by atoms with Gasteiger partial charge in [-0.25, -0.2) is 0 Å². The van der Waals surface area contributed by atoms with Gasteiger partial charge in [-0.1, -0.05) is 81.1 Å². The monoisotopic (exact) mass is 424 g/mol. The van der Waals surface area contributed by atoms with Crippen molar-refractivity contribution in [1.82, 2.24) is 0 Å². The van der Waals surface area contributed by atoms with Crippen LogP contribution in [0.3, 0.4) is 0 Å². The summed E-state index contributed by atoms with van der Waals surface area (Å²) in [5.41, 5.74) is 0.982. The fourth-order valence-corrected chi connectivity index (χ4v) is 6.58. The van der Waals surface area contributed by atoms with Crippen molar-refractivity contribution in [3.05, 3.63) is 0 Å². The summed E-state index contributed by atoms with van der Waals surface area (Å²) in [6.07, 6.45) is 14.4. The zero-order valence-electron chi connectivity index (χ0n) is 21.8. The molecule has 0 saturated heterocycles. The highest BCUT2D eigenvalue weighted by Crippen LogP contribution is 2.47. The third-order valence-corrected chi connectivity index (χ3v) is 8.91. The summed E-state index contributed by atoms with van der Waals surface area (Å²) in [5, 5.41) is 19.3. The van der Waals surface area contributed by atoms with Crippen LogP contribution < -0.4 is 0 Å². The molecule has 2 saturated carbocycles. The molecule has 6 atom stereocenters. The highest BCUT2D eigenvalue weighted by Gasteiger charge is 2.37. The van der Waals surface area contributed by atoms with Crippen molar-refractivity contribution in [2.75, 3.05) is 0 Å². The highest BCUT2D eigenvalue weighted by molar-refractivity contribution is 4.87. The molecular formula is C28H56O2. The van der Waals surface area contributed by atoms with Crippen LogP contribution in [0.1, 0.15) is 132 Å². The number of hydrogen-bond donors (Lipinski definition) is 2. The molecule has 2 aliphatic carbocycles. The average molecular weight is 425 g/mol. The molecule has 0 aromatic carbocycles. The Labute approximate surface area is 189 Å². The molecule has 2 nitrogen and oxygen atoms in total. The van der Waals surface area contributed by atoms with Gasteiger partial charge in [-0.05, 0) is 85.9 Å². The number of aliphatic hydroxyl groups excluding tert-OH is 2. The molecule has 0 aromatic rings. The van der Waals surface area contributed by atoms with E-state index >= 15 is 0 Å². The van der Waals surface area contributed by atoms with Crippen LogP contribution >= 0.6 is 0 Å². The summed E-state index contributed by atoms with van der Waals surface area (Å²) in [7, 11) is 0. The second-order valence-corrected chi connectivity index (χ2v) is 12.2. The van der Waals surface area contributed by atoms with Gasteiger partial charge in [0.1, 0.15) is 0 Å². The zero-order chi connectivity index (χ0) is 22.9. The lowest BCUT2D eigenvalue weighted by molar-refractivity contribution is 0.0568. The van der Waals surface area contributed by atoms with Crippen molar-refractivity contribution in [3.8, 4) is 0 Å².